The summed E-state index contributed by atoms with van der Waals surface area (Å²) in [7, 11) is 1.44. The number of benzene rings is 2. The Bertz CT molecular complexity index is 1110. The van der Waals surface area contributed by atoms with Crippen molar-refractivity contribution < 1.29 is 14.8 Å². The minimum absolute atomic E-state index is 0.175. The molecule has 0 amide bonds. The van der Waals surface area contributed by atoms with E-state index in [2.05, 4.69) is 54.7 Å². The fraction of sp³-hybridized carbons (Fsp3) is 0.280. The minimum atomic E-state index is -0.533. The fourth-order valence-electron chi connectivity index (χ4n) is 3.96. The Morgan fingerprint density at radius 2 is 1.84 bits per heavy atom. The van der Waals surface area contributed by atoms with E-state index in [9.17, 15) is 4.79 Å². The first-order chi connectivity index (χ1) is 14.9. The van der Waals surface area contributed by atoms with Crippen LogP contribution in [-0.4, -0.2) is 28.2 Å². The molecular weight excluding hydrogens is 388 g/mol. The van der Waals surface area contributed by atoms with Crippen LogP contribution in [0.5, 0.6) is 0 Å². The normalized spacial score (nSPS) is 14.0. The molecule has 6 heteroatoms. The third-order valence-electron chi connectivity index (χ3n) is 5.33. The molecule has 2 aromatic carbocycles. The smallest absolute Gasteiger partial charge is 0.329 e. The predicted octanol–water partition coefficient (Wildman–Crippen LogP) is 4.11. The highest BCUT2D eigenvalue weighted by atomic mass is 16.5. The summed E-state index contributed by atoms with van der Waals surface area (Å²) >= 11 is 0. The van der Waals surface area contributed by atoms with E-state index in [-0.39, 0.29) is 11.5 Å². The Morgan fingerprint density at radius 3 is 2.55 bits per heavy atom. The van der Waals surface area contributed by atoms with Gasteiger partial charge in [0.15, 0.2) is 5.82 Å². The molecule has 0 radical (unpaired) electrons. The summed E-state index contributed by atoms with van der Waals surface area (Å²) in [6.45, 7) is 6.28. The van der Waals surface area contributed by atoms with Crippen molar-refractivity contribution in [2.45, 2.75) is 38.8 Å². The van der Waals surface area contributed by atoms with Crippen LogP contribution in [0.3, 0.4) is 0 Å². The summed E-state index contributed by atoms with van der Waals surface area (Å²) in [5, 5.41) is 5.58. The molecule has 0 fully saturated rings. The van der Waals surface area contributed by atoms with Crippen LogP contribution in [0.2, 0.25) is 0 Å². The number of nitrogens with one attached hydrogen (secondary N) is 1. The van der Waals surface area contributed by atoms with Crippen LogP contribution in [-0.2, 0) is 9.53 Å². The van der Waals surface area contributed by atoms with Crippen molar-refractivity contribution in [3.8, 4) is 11.3 Å². The van der Waals surface area contributed by atoms with Gasteiger partial charge in [0.05, 0.1) is 19.1 Å². The number of imidazole rings is 1. The van der Waals surface area contributed by atoms with E-state index in [1.54, 1.807) is 6.33 Å². The molecule has 1 aliphatic heterocycles. The number of carbonyl (C=O) groups is 1. The van der Waals surface area contributed by atoms with E-state index in [0.29, 0.717) is 6.42 Å². The molecule has 6 nitrogen and oxygen atoms in total. The number of nitrogens with zero attached hydrogens (tertiary/aromatic N) is 2. The number of hydrogen-bond acceptors (Lipinski definition) is 4. The van der Waals surface area contributed by atoms with Gasteiger partial charge in [-0.15, -0.1) is 0 Å². The summed E-state index contributed by atoms with van der Waals surface area (Å²) in [6, 6.07) is 17.7. The number of aromatic nitrogens is 2. The number of esters is 1. The maximum atomic E-state index is 13.0. The molecule has 0 saturated heterocycles. The number of fused-ring (bicyclic) bond motifs is 1. The molecule has 0 aliphatic carbocycles. The molecule has 160 valence electrons. The van der Waals surface area contributed by atoms with E-state index in [1.807, 2.05) is 47.0 Å². The molecule has 3 aromatic rings. The molecule has 1 aromatic heterocycles. The van der Waals surface area contributed by atoms with Crippen molar-refractivity contribution in [3.63, 3.8) is 0 Å². The Balaban J connectivity index is 1.78. The van der Waals surface area contributed by atoms with Crippen molar-refractivity contribution in [1.29, 1.82) is 0 Å². The summed E-state index contributed by atoms with van der Waals surface area (Å²) in [4.78, 5) is 17.6. The highest BCUT2D eigenvalue weighted by molar-refractivity contribution is 5.83. The summed E-state index contributed by atoms with van der Waals surface area (Å²) in [5.41, 5.74) is 5.14. The van der Waals surface area contributed by atoms with Gasteiger partial charge in [-0.25, -0.2) is 9.78 Å². The largest absolute Gasteiger partial charge is 0.467 e. The molecule has 2 heterocycles. The number of methoxy groups -OCH3 is 1. The lowest BCUT2D eigenvalue weighted by Gasteiger charge is -2.23. The van der Waals surface area contributed by atoms with Gasteiger partial charge in [0.25, 0.3) is 0 Å². The number of para-hydroxylation sites is 1. The second-order valence-electron chi connectivity index (χ2n) is 8.78. The fourth-order valence-corrected chi connectivity index (χ4v) is 3.96. The summed E-state index contributed by atoms with van der Waals surface area (Å²) in [6.07, 6.45) is 4.35. The zero-order valence-corrected chi connectivity index (χ0v) is 18.4. The van der Waals surface area contributed by atoms with Crippen LogP contribution < -0.4 is 10.6 Å². The molecule has 0 spiro atoms. The van der Waals surface area contributed by atoms with Crippen molar-refractivity contribution in [3.05, 3.63) is 72.7 Å². The number of anilines is 1. The molecule has 0 saturated carbocycles. The van der Waals surface area contributed by atoms with Crippen molar-refractivity contribution in [2.24, 2.45) is 0 Å². The van der Waals surface area contributed by atoms with Crippen LogP contribution in [0.4, 0.5) is 11.5 Å². The number of quaternary nitrogens is 1. The van der Waals surface area contributed by atoms with E-state index in [1.165, 1.54) is 12.8 Å². The van der Waals surface area contributed by atoms with Crippen molar-refractivity contribution in [1.82, 2.24) is 9.55 Å². The predicted molar refractivity (Wildman–Crippen MR) is 123 cm³/mol. The van der Waals surface area contributed by atoms with E-state index >= 15 is 0 Å². The molecular formula is C25H29N4O2+. The van der Waals surface area contributed by atoms with Gasteiger partial charge in [0, 0.05) is 34.7 Å². The number of allylic oxidation sites excluding steroid dienone is 1. The molecule has 31 heavy (non-hydrogen) atoms. The van der Waals surface area contributed by atoms with Crippen LogP contribution in [0.1, 0.15) is 38.8 Å². The van der Waals surface area contributed by atoms with Crippen LogP contribution in [0.25, 0.3) is 16.8 Å². The highest BCUT2D eigenvalue weighted by Gasteiger charge is 2.31. The van der Waals surface area contributed by atoms with Gasteiger partial charge in [-0.05, 0) is 26.8 Å². The second-order valence-corrected chi connectivity index (χ2v) is 8.78. The van der Waals surface area contributed by atoms with Gasteiger partial charge < -0.3 is 14.6 Å². The third kappa shape index (κ3) is 4.39. The first-order valence-corrected chi connectivity index (χ1v) is 10.5. The summed E-state index contributed by atoms with van der Waals surface area (Å²) in [5.74, 6) is 0.460. The molecule has 1 atom stereocenters. The molecule has 1 aliphatic rings. The quantitative estimate of drug-likeness (QED) is 0.468. The SMILES string of the molecule is COC(=O)[C@H](CC1=C[NH2+]c2ccccc21)n1cnc(NC(C)(C)C)c1-c1ccccc1. The van der Waals surface area contributed by atoms with Crippen molar-refractivity contribution >= 4 is 23.0 Å². The third-order valence-corrected chi connectivity index (χ3v) is 5.33. The maximum absolute atomic E-state index is 13.0. The van der Waals surface area contributed by atoms with Gasteiger partial charge in [0.1, 0.15) is 17.9 Å². The van der Waals surface area contributed by atoms with Crippen molar-refractivity contribution in [2.75, 3.05) is 12.4 Å². The van der Waals surface area contributed by atoms with Gasteiger partial charge in [-0.2, -0.15) is 0 Å². The number of nitrogens with two attached hydrogens (primary N) is 1. The second kappa shape index (κ2) is 8.40. The standard InChI is InChI=1S/C25H28N4O2/c1-25(2,3)28-23-22(17-10-6-5-7-11-17)29(16-27-23)21(24(30)31-4)14-18-15-26-20-13-9-8-12-19(18)20/h5-13,15-16,21,26,28H,14H2,1-4H3/p+1/t21-/m0/s1. The number of rotatable bonds is 6. The monoisotopic (exact) mass is 417 g/mol. The Morgan fingerprint density at radius 1 is 1.13 bits per heavy atom. The van der Waals surface area contributed by atoms with Gasteiger partial charge in [-0.1, -0.05) is 42.5 Å². The Kier molecular flexibility index (Phi) is 5.65. The molecule has 0 bridgehead atoms. The van der Waals surface area contributed by atoms with Crippen LogP contribution in [0.15, 0.2) is 67.1 Å². The van der Waals surface area contributed by atoms with Crippen LogP contribution in [0, 0.1) is 0 Å². The minimum Gasteiger partial charge on any atom is -0.467 e. The number of carbonyl (C=O) groups excluding carboxylic acids is 1. The average molecular weight is 418 g/mol. The lowest BCUT2D eigenvalue weighted by atomic mass is 9.99. The Hall–Kier alpha value is -3.38. The molecule has 3 N–H and O–H groups in total. The van der Waals surface area contributed by atoms with E-state index in [4.69, 9.17) is 4.74 Å². The number of ether oxygens (including phenoxy) is 1. The lowest BCUT2D eigenvalue weighted by molar-refractivity contribution is -0.491. The first kappa shape index (κ1) is 20.9. The van der Waals surface area contributed by atoms with E-state index in [0.717, 1.165) is 28.2 Å². The molecule has 0 unspecified atom stereocenters. The van der Waals surface area contributed by atoms with Gasteiger partial charge in [0.2, 0.25) is 0 Å². The maximum Gasteiger partial charge on any atom is 0.329 e. The van der Waals surface area contributed by atoms with Gasteiger partial charge >= 0.3 is 5.97 Å². The molecule has 4 rings (SSSR count). The average Bonchev–Trinajstić information content (AvgIpc) is 3.35. The Labute approximate surface area is 183 Å². The van der Waals surface area contributed by atoms with E-state index < -0.39 is 6.04 Å². The summed E-state index contributed by atoms with van der Waals surface area (Å²) < 4.78 is 7.16. The zero-order valence-electron chi connectivity index (χ0n) is 18.4. The number of hydrogen-bond donors (Lipinski definition) is 2. The first-order valence-electron chi connectivity index (χ1n) is 10.5. The lowest BCUT2D eigenvalue weighted by Crippen LogP contribution is -2.69. The van der Waals surface area contributed by atoms with Crippen LogP contribution >= 0.6 is 0 Å². The zero-order chi connectivity index (χ0) is 22.0. The topological polar surface area (TPSA) is 72.8 Å². The highest BCUT2D eigenvalue weighted by Crippen LogP contribution is 2.36. The van der Waals surface area contributed by atoms with Gasteiger partial charge in [-0.3, -0.25) is 5.32 Å².